The molecule has 0 spiro atoms. The molecule has 2 amide bonds. The number of para-hydroxylation sites is 1. The van der Waals surface area contributed by atoms with Crippen molar-refractivity contribution in [3.8, 4) is 0 Å². The van der Waals surface area contributed by atoms with Gasteiger partial charge in [-0.25, -0.2) is 0 Å². The first-order valence-corrected chi connectivity index (χ1v) is 12.4. The molecule has 5 nitrogen and oxygen atoms in total. The molecule has 2 aromatic carbocycles. The molecule has 2 aromatic rings. The van der Waals surface area contributed by atoms with Crippen LogP contribution in [0.3, 0.4) is 0 Å². The average Bonchev–Trinajstić information content (AvgIpc) is 3.04. The molecular formula is C29H26F9N3O2. The minimum Gasteiger partial charge on any atom is -0.359 e. The number of likely N-dealkylation sites (N-methyl/N-ethyl adjacent to an activating group) is 1. The van der Waals surface area contributed by atoms with E-state index < -0.39 is 60.0 Å². The number of alkyl halides is 9. The molecule has 0 aromatic heterocycles. The molecule has 3 rings (SSSR count). The van der Waals surface area contributed by atoms with Gasteiger partial charge in [0.2, 0.25) is 11.8 Å². The Balaban J connectivity index is 0.000000309. The van der Waals surface area contributed by atoms with Crippen LogP contribution in [0, 0.1) is 0 Å². The van der Waals surface area contributed by atoms with Gasteiger partial charge in [0.25, 0.3) is 0 Å². The minimum atomic E-state index is -4.95. The van der Waals surface area contributed by atoms with Crippen LogP contribution in [0.4, 0.5) is 45.2 Å². The second-order valence-corrected chi connectivity index (χ2v) is 8.85. The van der Waals surface area contributed by atoms with Gasteiger partial charge in [0.05, 0.1) is 28.9 Å². The lowest BCUT2D eigenvalue weighted by atomic mass is 9.99. The van der Waals surface area contributed by atoms with E-state index in [1.807, 2.05) is 13.0 Å². The fraction of sp³-hybridized carbons (Fsp3) is 0.276. The second kappa shape index (κ2) is 14.2. The summed E-state index contributed by atoms with van der Waals surface area (Å²) in [5, 5.41) is 2.11. The fourth-order valence-corrected chi connectivity index (χ4v) is 3.84. The van der Waals surface area contributed by atoms with E-state index in [2.05, 4.69) is 16.9 Å². The molecule has 0 atom stereocenters. The van der Waals surface area contributed by atoms with Crippen LogP contribution >= 0.6 is 0 Å². The Hall–Kier alpha value is -4.36. The summed E-state index contributed by atoms with van der Waals surface area (Å²) in [7, 11) is 1.22. The highest BCUT2D eigenvalue weighted by molar-refractivity contribution is 6.20. The molecule has 0 bridgehead atoms. The molecule has 0 aliphatic carbocycles. The van der Waals surface area contributed by atoms with Crippen LogP contribution < -0.4 is 10.2 Å². The van der Waals surface area contributed by atoms with E-state index in [1.54, 1.807) is 36.4 Å². The first-order chi connectivity index (χ1) is 19.9. The third kappa shape index (κ3) is 9.86. The summed E-state index contributed by atoms with van der Waals surface area (Å²) in [6, 6.07) is 7.65. The summed E-state index contributed by atoms with van der Waals surface area (Å²) in [6.07, 6.45) is -8.03. The zero-order valence-electron chi connectivity index (χ0n) is 22.8. The van der Waals surface area contributed by atoms with Gasteiger partial charge in [-0.05, 0) is 36.3 Å². The van der Waals surface area contributed by atoms with Crippen molar-refractivity contribution >= 4 is 23.2 Å². The number of aliphatic imine (C=N–C) groups is 1. The normalized spacial score (nSPS) is 14.4. The van der Waals surface area contributed by atoms with Crippen molar-refractivity contribution in [1.29, 1.82) is 0 Å². The van der Waals surface area contributed by atoms with Crippen LogP contribution in [0.25, 0.3) is 0 Å². The van der Waals surface area contributed by atoms with Crippen LogP contribution in [0.15, 0.2) is 83.9 Å². The topological polar surface area (TPSA) is 61.8 Å². The van der Waals surface area contributed by atoms with Gasteiger partial charge in [0.15, 0.2) is 0 Å². The number of hydrogen-bond acceptors (Lipinski definition) is 3. The number of nitrogens with one attached hydrogen (secondary N) is 1. The number of benzodiazepines with no additional fused rings is 1. The number of carbonyl (C=O) groups is 2. The zero-order valence-corrected chi connectivity index (χ0v) is 22.8. The monoisotopic (exact) mass is 619 g/mol. The molecule has 1 heterocycles. The molecule has 1 N–H and O–H groups in total. The minimum absolute atomic E-state index is 0.0122. The van der Waals surface area contributed by atoms with Crippen LogP contribution in [0.2, 0.25) is 0 Å². The highest BCUT2D eigenvalue weighted by atomic mass is 19.4. The van der Waals surface area contributed by atoms with E-state index in [1.165, 1.54) is 13.1 Å². The first kappa shape index (κ1) is 34.8. The van der Waals surface area contributed by atoms with Crippen molar-refractivity contribution in [3.05, 3.63) is 101 Å². The predicted molar refractivity (Wildman–Crippen MR) is 144 cm³/mol. The Morgan fingerprint density at radius 1 is 1.02 bits per heavy atom. The van der Waals surface area contributed by atoms with Crippen molar-refractivity contribution < 1.29 is 49.1 Å². The average molecular weight is 620 g/mol. The van der Waals surface area contributed by atoms with E-state index in [9.17, 15) is 49.1 Å². The van der Waals surface area contributed by atoms with Gasteiger partial charge < -0.3 is 10.2 Å². The Morgan fingerprint density at radius 3 is 2.21 bits per heavy atom. The van der Waals surface area contributed by atoms with Crippen LogP contribution in [-0.2, 0) is 28.4 Å². The van der Waals surface area contributed by atoms with Crippen LogP contribution in [0.5, 0.6) is 0 Å². The Morgan fingerprint density at radius 2 is 1.67 bits per heavy atom. The summed E-state index contributed by atoms with van der Waals surface area (Å²) in [5.41, 5.74) is -1.59. The lowest BCUT2D eigenvalue weighted by molar-refractivity contribution is -0.143. The quantitative estimate of drug-likeness (QED) is 0.278. The maximum absolute atomic E-state index is 12.9. The molecule has 0 fully saturated rings. The summed E-state index contributed by atoms with van der Waals surface area (Å²) in [5.74, 6) is -1.41. The summed E-state index contributed by atoms with van der Waals surface area (Å²) in [6.45, 7) is 3.88. The zero-order chi connectivity index (χ0) is 32.6. The number of fused-ring (bicyclic) bond motifs is 1. The predicted octanol–water partition coefficient (Wildman–Crippen LogP) is 7.09. The van der Waals surface area contributed by atoms with Crippen LogP contribution in [-0.4, -0.2) is 43.8 Å². The molecule has 0 saturated carbocycles. The van der Waals surface area contributed by atoms with Gasteiger partial charge >= 0.3 is 18.5 Å². The van der Waals surface area contributed by atoms with Crippen molar-refractivity contribution in [2.45, 2.75) is 31.9 Å². The number of amides is 2. The van der Waals surface area contributed by atoms with Gasteiger partial charge in [-0.1, -0.05) is 55.1 Å². The molecule has 14 heteroatoms. The lowest BCUT2D eigenvalue weighted by Gasteiger charge is -2.24. The molecule has 0 unspecified atom stereocenters. The lowest BCUT2D eigenvalue weighted by Crippen LogP contribution is -2.40. The number of halogens is 9. The molecule has 232 valence electrons. The van der Waals surface area contributed by atoms with Crippen molar-refractivity contribution in [3.63, 3.8) is 0 Å². The maximum atomic E-state index is 12.9. The number of nitrogens with zero attached hydrogens (tertiary/aromatic N) is 2. The number of hydrogen-bond donors (Lipinski definition) is 1. The standard InChI is InChI=1S/C18H17F3N2O.C11H9F6NO/c1-3-5-8-13(4-2)17-14-9-6-7-10-15(14)23(12-18(19,20)21)16(24)11-22-17;1-18-9(19)4-6-2-3-7(10(12,13)14)5-8(6)11(15,16)17/h3-10H,2,11-12H2,1H3;2-3,5H,4H2,1H3,(H,18,19)/b5-3-,13-8+;. The number of rotatable bonds is 6. The maximum Gasteiger partial charge on any atom is 0.416 e. The third-order valence-corrected chi connectivity index (χ3v) is 5.79. The molecular weight excluding hydrogens is 593 g/mol. The largest absolute Gasteiger partial charge is 0.416 e. The second-order valence-electron chi connectivity index (χ2n) is 8.85. The SMILES string of the molecule is C=C/C(=C\C=C/C)C1=NCC(=O)N(CC(F)(F)F)c2ccccc21.CNC(=O)Cc1ccc(C(F)(F)F)cc1C(F)(F)F. The van der Waals surface area contributed by atoms with Crippen LogP contribution in [0.1, 0.15) is 29.2 Å². The number of benzene rings is 2. The summed E-state index contributed by atoms with van der Waals surface area (Å²) < 4.78 is 114. The summed E-state index contributed by atoms with van der Waals surface area (Å²) >= 11 is 0. The molecule has 0 saturated heterocycles. The molecule has 43 heavy (non-hydrogen) atoms. The Labute approximate surface area is 241 Å². The number of allylic oxidation sites excluding steroid dienone is 5. The van der Waals surface area contributed by atoms with Crippen molar-refractivity contribution in [2.24, 2.45) is 4.99 Å². The third-order valence-electron chi connectivity index (χ3n) is 5.79. The van der Waals surface area contributed by atoms with E-state index in [4.69, 9.17) is 0 Å². The highest BCUT2D eigenvalue weighted by Gasteiger charge is 2.38. The van der Waals surface area contributed by atoms with Crippen molar-refractivity contribution in [2.75, 3.05) is 25.0 Å². The highest BCUT2D eigenvalue weighted by Crippen LogP contribution is 2.37. The van der Waals surface area contributed by atoms with Gasteiger partial charge in [0.1, 0.15) is 13.1 Å². The first-order valence-electron chi connectivity index (χ1n) is 12.4. The van der Waals surface area contributed by atoms with E-state index in [-0.39, 0.29) is 18.3 Å². The number of anilines is 1. The van der Waals surface area contributed by atoms with E-state index in [0.717, 1.165) is 4.90 Å². The molecule has 1 aliphatic rings. The van der Waals surface area contributed by atoms with Gasteiger partial charge in [-0.15, -0.1) is 0 Å². The fourth-order valence-electron chi connectivity index (χ4n) is 3.84. The van der Waals surface area contributed by atoms with Crippen molar-refractivity contribution in [1.82, 2.24) is 5.32 Å². The molecule has 1 aliphatic heterocycles. The van der Waals surface area contributed by atoms with E-state index >= 15 is 0 Å². The Bertz CT molecular complexity index is 1420. The summed E-state index contributed by atoms with van der Waals surface area (Å²) in [4.78, 5) is 28.2. The van der Waals surface area contributed by atoms with Gasteiger partial charge in [-0.2, -0.15) is 39.5 Å². The smallest absolute Gasteiger partial charge is 0.359 e. The van der Waals surface area contributed by atoms with Gasteiger partial charge in [-0.3, -0.25) is 14.6 Å². The molecule has 0 radical (unpaired) electrons. The van der Waals surface area contributed by atoms with Gasteiger partial charge in [0, 0.05) is 12.6 Å². The number of carbonyl (C=O) groups excluding carboxylic acids is 2. The van der Waals surface area contributed by atoms with E-state index in [0.29, 0.717) is 29.0 Å². The Kier molecular flexibility index (Phi) is 11.5.